The molecule has 4 rings (SSSR count). The molecule has 0 aromatic heterocycles. The Morgan fingerprint density at radius 1 is 0.895 bits per heavy atom. The zero-order valence-electron chi connectivity index (χ0n) is 10.7. The maximum atomic E-state index is 6.20. The van der Waals surface area contributed by atoms with Crippen molar-refractivity contribution in [1.29, 1.82) is 0 Å². The van der Waals surface area contributed by atoms with Crippen LogP contribution in [0.4, 0.5) is 0 Å². The second-order valence-electron chi connectivity index (χ2n) is 5.30. The molecule has 0 amide bonds. The molecule has 0 unspecified atom stereocenters. The first-order chi connectivity index (χ1) is 9.42. The molecule has 19 heavy (non-hydrogen) atoms. The van der Waals surface area contributed by atoms with Gasteiger partial charge in [0, 0.05) is 11.5 Å². The highest BCUT2D eigenvalue weighted by Crippen LogP contribution is 2.45. The fraction of sp³-hybridized carbons (Fsp3) is 0.294. The highest BCUT2D eigenvalue weighted by Gasteiger charge is 2.39. The zero-order chi connectivity index (χ0) is 12.7. The van der Waals surface area contributed by atoms with Gasteiger partial charge in [-0.1, -0.05) is 54.6 Å². The van der Waals surface area contributed by atoms with Gasteiger partial charge in [0.2, 0.25) is 0 Å². The summed E-state index contributed by atoms with van der Waals surface area (Å²) in [5, 5.41) is 0. The van der Waals surface area contributed by atoms with Gasteiger partial charge in [-0.3, -0.25) is 0 Å². The van der Waals surface area contributed by atoms with Crippen LogP contribution in [0.3, 0.4) is 0 Å². The van der Waals surface area contributed by atoms with Gasteiger partial charge >= 0.3 is 0 Å². The standard InChI is InChI=1S/C17H16O2/c1-2-6-12(7-3-1)17-18-11-14-10-13-8-4-5-9-15(13)16(14)19-17/h1-9,14,16-17H,10-11H2/t14-,16+,17+/m1/s1. The topological polar surface area (TPSA) is 18.5 Å². The van der Waals surface area contributed by atoms with Crippen LogP contribution in [0.2, 0.25) is 0 Å². The Balaban J connectivity index is 1.63. The lowest BCUT2D eigenvalue weighted by Crippen LogP contribution is -2.28. The van der Waals surface area contributed by atoms with E-state index >= 15 is 0 Å². The summed E-state index contributed by atoms with van der Waals surface area (Å²) >= 11 is 0. The molecule has 1 fully saturated rings. The quantitative estimate of drug-likeness (QED) is 0.771. The van der Waals surface area contributed by atoms with Crippen molar-refractivity contribution in [2.45, 2.75) is 18.8 Å². The number of hydrogen-bond acceptors (Lipinski definition) is 2. The van der Waals surface area contributed by atoms with Crippen LogP contribution in [0.25, 0.3) is 0 Å². The molecule has 0 radical (unpaired) electrons. The van der Waals surface area contributed by atoms with Crippen LogP contribution in [0, 0.1) is 5.92 Å². The van der Waals surface area contributed by atoms with Gasteiger partial charge in [0.05, 0.1) is 12.7 Å². The van der Waals surface area contributed by atoms with Crippen molar-refractivity contribution in [1.82, 2.24) is 0 Å². The van der Waals surface area contributed by atoms with E-state index in [1.165, 1.54) is 11.1 Å². The molecule has 1 saturated heterocycles. The lowest BCUT2D eigenvalue weighted by molar-refractivity contribution is -0.240. The predicted octanol–water partition coefficient (Wildman–Crippen LogP) is 3.65. The Morgan fingerprint density at radius 3 is 2.58 bits per heavy atom. The lowest BCUT2D eigenvalue weighted by Gasteiger charge is -2.33. The molecule has 0 spiro atoms. The second-order valence-corrected chi connectivity index (χ2v) is 5.30. The van der Waals surface area contributed by atoms with Crippen molar-refractivity contribution in [3.8, 4) is 0 Å². The Bertz CT molecular complexity index is 579. The first-order valence-electron chi connectivity index (χ1n) is 6.81. The number of rotatable bonds is 1. The van der Waals surface area contributed by atoms with E-state index in [2.05, 4.69) is 36.4 Å². The van der Waals surface area contributed by atoms with Gasteiger partial charge in [-0.05, 0) is 17.5 Å². The number of fused-ring (bicyclic) bond motifs is 3. The molecule has 2 aromatic carbocycles. The third-order valence-corrected chi connectivity index (χ3v) is 4.08. The molecule has 2 aromatic rings. The van der Waals surface area contributed by atoms with Crippen molar-refractivity contribution in [2.75, 3.05) is 6.61 Å². The van der Waals surface area contributed by atoms with Crippen LogP contribution in [-0.2, 0) is 15.9 Å². The van der Waals surface area contributed by atoms with Gasteiger partial charge in [-0.25, -0.2) is 0 Å². The first-order valence-corrected chi connectivity index (χ1v) is 6.81. The summed E-state index contributed by atoms with van der Waals surface area (Å²) in [7, 11) is 0. The molecule has 2 heteroatoms. The largest absolute Gasteiger partial charge is 0.348 e. The third-order valence-electron chi connectivity index (χ3n) is 4.08. The summed E-state index contributed by atoms with van der Waals surface area (Å²) in [6.07, 6.45) is 1.03. The minimum absolute atomic E-state index is 0.190. The van der Waals surface area contributed by atoms with Crippen LogP contribution in [-0.4, -0.2) is 6.61 Å². The van der Waals surface area contributed by atoms with Crippen molar-refractivity contribution >= 4 is 0 Å². The van der Waals surface area contributed by atoms with Crippen LogP contribution in [0.5, 0.6) is 0 Å². The van der Waals surface area contributed by atoms with Crippen LogP contribution < -0.4 is 0 Å². The summed E-state index contributed by atoms with van der Waals surface area (Å²) < 4.78 is 12.1. The Morgan fingerprint density at radius 2 is 1.68 bits per heavy atom. The summed E-state index contributed by atoms with van der Waals surface area (Å²) in [6.45, 7) is 0.777. The summed E-state index contributed by atoms with van der Waals surface area (Å²) in [6, 6.07) is 18.8. The van der Waals surface area contributed by atoms with Crippen molar-refractivity contribution in [2.24, 2.45) is 5.92 Å². The molecule has 1 aliphatic carbocycles. The summed E-state index contributed by atoms with van der Waals surface area (Å²) in [4.78, 5) is 0. The highest BCUT2D eigenvalue weighted by atomic mass is 16.7. The average Bonchev–Trinajstić information content (AvgIpc) is 2.86. The number of benzene rings is 2. The Labute approximate surface area is 113 Å². The van der Waals surface area contributed by atoms with Gasteiger partial charge in [-0.15, -0.1) is 0 Å². The van der Waals surface area contributed by atoms with Crippen LogP contribution in [0.15, 0.2) is 54.6 Å². The Kier molecular flexibility index (Phi) is 2.64. The third kappa shape index (κ3) is 1.88. The second kappa shape index (κ2) is 4.48. The molecule has 3 atom stereocenters. The molecule has 0 N–H and O–H groups in total. The van der Waals surface area contributed by atoms with E-state index in [0.29, 0.717) is 5.92 Å². The smallest absolute Gasteiger partial charge is 0.184 e. The normalized spacial score (nSPS) is 28.7. The maximum absolute atomic E-state index is 6.20. The number of ether oxygens (including phenoxy) is 2. The minimum atomic E-state index is -0.228. The maximum Gasteiger partial charge on any atom is 0.184 e. The number of hydrogen-bond donors (Lipinski definition) is 0. The molecule has 0 saturated carbocycles. The van der Waals surface area contributed by atoms with E-state index in [1.807, 2.05) is 18.2 Å². The van der Waals surface area contributed by atoms with E-state index in [1.54, 1.807) is 0 Å². The molecule has 1 heterocycles. The SMILES string of the molecule is c1ccc([C@H]2OC[C@H]3Cc4ccccc4[C@H]3O2)cc1. The molecular weight excluding hydrogens is 236 g/mol. The molecule has 96 valence electrons. The zero-order valence-corrected chi connectivity index (χ0v) is 10.7. The van der Waals surface area contributed by atoms with E-state index in [9.17, 15) is 0 Å². The van der Waals surface area contributed by atoms with Gasteiger partial charge in [-0.2, -0.15) is 0 Å². The summed E-state index contributed by atoms with van der Waals surface area (Å²) in [5.74, 6) is 0.470. The van der Waals surface area contributed by atoms with Gasteiger partial charge in [0.1, 0.15) is 0 Å². The van der Waals surface area contributed by atoms with E-state index in [-0.39, 0.29) is 12.4 Å². The average molecular weight is 252 g/mol. The monoisotopic (exact) mass is 252 g/mol. The molecule has 2 nitrogen and oxygen atoms in total. The minimum Gasteiger partial charge on any atom is -0.348 e. The van der Waals surface area contributed by atoms with Crippen LogP contribution in [0.1, 0.15) is 29.1 Å². The highest BCUT2D eigenvalue weighted by molar-refractivity contribution is 5.35. The lowest BCUT2D eigenvalue weighted by atomic mass is 10.0. The fourth-order valence-corrected chi connectivity index (χ4v) is 3.14. The molecule has 1 aliphatic heterocycles. The van der Waals surface area contributed by atoms with Gasteiger partial charge in [0.25, 0.3) is 0 Å². The van der Waals surface area contributed by atoms with Crippen LogP contribution >= 0.6 is 0 Å². The Hall–Kier alpha value is -1.64. The van der Waals surface area contributed by atoms with Crippen molar-refractivity contribution < 1.29 is 9.47 Å². The van der Waals surface area contributed by atoms with E-state index in [4.69, 9.17) is 9.47 Å². The fourth-order valence-electron chi connectivity index (χ4n) is 3.14. The van der Waals surface area contributed by atoms with Crippen molar-refractivity contribution in [3.05, 3.63) is 71.3 Å². The van der Waals surface area contributed by atoms with E-state index in [0.717, 1.165) is 18.6 Å². The first kappa shape index (κ1) is 11.2. The predicted molar refractivity (Wildman–Crippen MR) is 72.6 cm³/mol. The van der Waals surface area contributed by atoms with Gasteiger partial charge < -0.3 is 9.47 Å². The van der Waals surface area contributed by atoms with Gasteiger partial charge in [0.15, 0.2) is 6.29 Å². The molecular formula is C17H16O2. The van der Waals surface area contributed by atoms with Crippen molar-refractivity contribution in [3.63, 3.8) is 0 Å². The summed E-state index contributed by atoms with van der Waals surface area (Å²) in [5.41, 5.74) is 3.86. The van der Waals surface area contributed by atoms with E-state index < -0.39 is 0 Å². The molecule has 2 aliphatic rings. The molecule has 0 bridgehead atoms.